The molecule has 3 fully saturated rings. The Balaban J connectivity index is 1.42. The Hall–Kier alpha value is -2.94. The molecule has 0 radical (unpaired) electrons. The number of nitrogens with two attached hydrogens (primary N) is 1. The van der Waals surface area contributed by atoms with E-state index < -0.39 is 12.1 Å². The van der Waals surface area contributed by atoms with Crippen LogP contribution in [-0.4, -0.2) is 65.4 Å². The first-order valence-electron chi connectivity index (χ1n) is 9.56. The Bertz CT molecular complexity index is 887. The van der Waals surface area contributed by atoms with Gasteiger partial charge in [-0.05, 0) is 37.5 Å². The van der Waals surface area contributed by atoms with Crippen molar-refractivity contribution in [3.8, 4) is 12.1 Å². The van der Waals surface area contributed by atoms with Gasteiger partial charge in [-0.15, -0.1) is 0 Å². The van der Waals surface area contributed by atoms with Crippen LogP contribution in [0.4, 0.5) is 5.69 Å². The van der Waals surface area contributed by atoms with E-state index in [1.54, 1.807) is 28.0 Å². The second kappa shape index (κ2) is 7.23. The number of anilines is 1. The molecule has 0 unspecified atom stereocenters. The van der Waals surface area contributed by atoms with Crippen LogP contribution in [0.2, 0.25) is 0 Å². The lowest BCUT2D eigenvalue weighted by atomic mass is 10.1. The summed E-state index contributed by atoms with van der Waals surface area (Å²) in [6.07, 6.45) is 2.21. The number of hydrogen-bond acceptors (Lipinski definition) is 6. The van der Waals surface area contributed by atoms with Crippen LogP contribution in [-0.2, 0) is 9.59 Å². The number of carbonyl (C=O) groups is 2. The van der Waals surface area contributed by atoms with Gasteiger partial charge in [-0.1, -0.05) is 6.07 Å². The van der Waals surface area contributed by atoms with Crippen LogP contribution in [0.1, 0.15) is 24.8 Å². The van der Waals surface area contributed by atoms with Crippen molar-refractivity contribution in [3.05, 3.63) is 29.8 Å². The number of benzene rings is 1. The number of piperazine rings is 1. The molecule has 3 heterocycles. The average molecular weight is 378 g/mol. The molecular weight excluding hydrogens is 356 g/mol. The third kappa shape index (κ3) is 3.01. The number of rotatable bonds is 4. The molecule has 0 spiro atoms. The molecule has 4 rings (SSSR count). The molecule has 4 atom stereocenters. The highest BCUT2D eigenvalue weighted by Crippen LogP contribution is 2.36. The predicted molar refractivity (Wildman–Crippen MR) is 101 cm³/mol. The summed E-state index contributed by atoms with van der Waals surface area (Å²) in [7, 11) is 0. The lowest BCUT2D eigenvalue weighted by Crippen LogP contribution is -2.56. The van der Waals surface area contributed by atoms with E-state index in [1.807, 2.05) is 11.0 Å². The van der Waals surface area contributed by atoms with E-state index in [2.05, 4.69) is 12.1 Å². The summed E-state index contributed by atoms with van der Waals surface area (Å²) in [5.41, 5.74) is 7.42. The van der Waals surface area contributed by atoms with Crippen LogP contribution in [0.3, 0.4) is 0 Å². The van der Waals surface area contributed by atoms with E-state index in [9.17, 15) is 14.9 Å². The molecule has 1 aromatic rings. The molecule has 2 amide bonds. The smallest absolute Gasteiger partial charge is 0.244 e. The highest BCUT2D eigenvalue weighted by atomic mass is 16.2. The summed E-state index contributed by atoms with van der Waals surface area (Å²) in [6, 6.07) is 9.93. The van der Waals surface area contributed by atoms with Gasteiger partial charge in [0.1, 0.15) is 6.04 Å². The minimum atomic E-state index is -0.739. The summed E-state index contributed by atoms with van der Waals surface area (Å²) in [5.74, 6) is -0.222. The number of carbonyl (C=O) groups excluding carboxylic acids is 2. The van der Waals surface area contributed by atoms with Crippen molar-refractivity contribution in [1.29, 1.82) is 10.5 Å². The van der Waals surface area contributed by atoms with Crippen molar-refractivity contribution < 1.29 is 9.59 Å². The highest BCUT2D eigenvalue weighted by Gasteiger charge is 2.50. The third-order valence-electron chi connectivity index (χ3n) is 5.96. The minimum absolute atomic E-state index is 0.0120. The number of amides is 2. The summed E-state index contributed by atoms with van der Waals surface area (Å²) in [4.78, 5) is 30.9. The van der Waals surface area contributed by atoms with Gasteiger partial charge in [0.05, 0.1) is 35.8 Å². The first kappa shape index (κ1) is 18.4. The molecule has 0 aromatic heterocycles. The lowest BCUT2D eigenvalue weighted by molar-refractivity contribution is -0.134. The summed E-state index contributed by atoms with van der Waals surface area (Å²) in [6.45, 7) is 1.53. The Kier molecular flexibility index (Phi) is 4.76. The maximum absolute atomic E-state index is 12.9. The van der Waals surface area contributed by atoms with Gasteiger partial charge in [0.25, 0.3) is 0 Å². The molecular formula is C20H22N6O2. The predicted octanol–water partition coefficient (Wildman–Crippen LogP) is 0.190. The molecule has 0 aliphatic carbocycles. The fourth-order valence-corrected chi connectivity index (χ4v) is 4.64. The van der Waals surface area contributed by atoms with Crippen molar-refractivity contribution >= 4 is 17.5 Å². The monoisotopic (exact) mass is 378 g/mol. The summed E-state index contributed by atoms with van der Waals surface area (Å²) >= 11 is 0. The van der Waals surface area contributed by atoms with Gasteiger partial charge < -0.3 is 15.5 Å². The third-order valence-corrected chi connectivity index (χ3v) is 5.96. The zero-order valence-corrected chi connectivity index (χ0v) is 15.5. The van der Waals surface area contributed by atoms with Crippen molar-refractivity contribution in [2.45, 2.75) is 43.4 Å². The average Bonchev–Trinajstić information content (AvgIpc) is 3.41. The molecule has 28 heavy (non-hydrogen) atoms. The zero-order valence-electron chi connectivity index (χ0n) is 15.5. The largest absolute Gasteiger partial charge is 0.325 e. The Labute approximate surface area is 163 Å². The normalized spacial score (nSPS) is 27.7. The molecule has 1 aromatic carbocycles. The summed E-state index contributed by atoms with van der Waals surface area (Å²) in [5, 5.41) is 18.3. The number of nitriles is 2. The maximum Gasteiger partial charge on any atom is 0.244 e. The van der Waals surface area contributed by atoms with E-state index >= 15 is 0 Å². The van der Waals surface area contributed by atoms with Gasteiger partial charge in [0.2, 0.25) is 11.8 Å². The number of fused-ring (bicyclic) bond motifs is 2. The maximum atomic E-state index is 12.9. The molecule has 3 aliphatic heterocycles. The fourth-order valence-electron chi connectivity index (χ4n) is 4.64. The van der Waals surface area contributed by atoms with E-state index in [1.165, 1.54) is 0 Å². The molecule has 0 saturated carbocycles. The first-order chi connectivity index (χ1) is 13.5. The topological polar surface area (TPSA) is 117 Å². The second-order valence-electron chi connectivity index (χ2n) is 7.65. The van der Waals surface area contributed by atoms with Gasteiger partial charge in [0.15, 0.2) is 0 Å². The van der Waals surface area contributed by atoms with Gasteiger partial charge in [-0.25, -0.2) is 0 Å². The lowest BCUT2D eigenvalue weighted by Gasteiger charge is -2.35. The molecule has 3 saturated heterocycles. The van der Waals surface area contributed by atoms with Gasteiger partial charge in [-0.3, -0.25) is 14.5 Å². The van der Waals surface area contributed by atoms with Crippen LogP contribution < -0.4 is 10.6 Å². The Morgan fingerprint density at radius 1 is 1.36 bits per heavy atom. The van der Waals surface area contributed by atoms with Crippen LogP contribution in [0.5, 0.6) is 0 Å². The van der Waals surface area contributed by atoms with Gasteiger partial charge in [-0.2, -0.15) is 10.5 Å². The summed E-state index contributed by atoms with van der Waals surface area (Å²) < 4.78 is 0. The number of likely N-dealkylation sites (tertiary alicyclic amines) is 2. The fraction of sp³-hybridized carbons (Fsp3) is 0.500. The quantitative estimate of drug-likeness (QED) is 0.799. The number of hydrogen-bond donors (Lipinski definition) is 1. The Morgan fingerprint density at radius 2 is 2.18 bits per heavy atom. The zero-order chi connectivity index (χ0) is 19.8. The molecule has 3 aliphatic rings. The molecule has 144 valence electrons. The van der Waals surface area contributed by atoms with Crippen molar-refractivity contribution in [3.63, 3.8) is 0 Å². The number of nitrogens with zero attached hydrogens (tertiary/aromatic N) is 5. The molecule has 8 nitrogen and oxygen atoms in total. The van der Waals surface area contributed by atoms with Crippen molar-refractivity contribution in [1.82, 2.24) is 9.80 Å². The van der Waals surface area contributed by atoms with Gasteiger partial charge in [0, 0.05) is 25.3 Å². The SMILES string of the molecule is N#Cc1cccc(N2C(=O)[C@@H]3C[C@H]2CN3C[C@H](N)C(=O)N2CCC[C@H]2C#N)c1. The molecule has 8 heteroatoms. The minimum Gasteiger partial charge on any atom is -0.325 e. The van der Waals surface area contributed by atoms with Crippen LogP contribution >= 0.6 is 0 Å². The van der Waals surface area contributed by atoms with Crippen molar-refractivity contribution in [2.24, 2.45) is 5.73 Å². The first-order valence-corrected chi connectivity index (χ1v) is 9.56. The van der Waals surface area contributed by atoms with Gasteiger partial charge >= 0.3 is 0 Å². The Morgan fingerprint density at radius 3 is 2.89 bits per heavy atom. The second-order valence-corrected chi connectivity index (χ2v) is 7.65. The molecule has 2 bridgehead atoms. The van der Waals surface area contributed by atoms with E-state index in [0.29, 0.717) is 38.0 Å². The standard InChI is InChI=1S/C20H22N6O2/c21-9-13-3-1-4-14(7-13)26-16-8-18(20(26)28)24(11-16)12-17(23)19(27)25-6-2-5-15(25)10-22/h1,3-4,7,15-18H,2,5-6,8,11-12,23H2/t15-,16-,17-,18-/m0/s1. The van der Waals surface area contributed by atoms with Crippen LogP contribution in [0, 0.1) is 22.7 Å². The van der Waals surface area contributed by atoms with Crippen molar-refractivity contribution in [2.75, 3.05) is 24.5 Å². The van der Waals surface area contributed by atoms with Crippen LogP contribution in [0.25, 0.3) is 0 Å². The van der Waals surface area contributed by atoms with E-state index in [4.69, 9.17) is 11.0 Å². The van der Waals surface area contributed by atoms with Crippen LogP contribution in [0.15, 0.2) is 24.3 Å². The highest BCUT2D eigenvalue weighted by molar-refractivity contribution is 6.01. The van der Waals surface area contributed by atoms with E-state index in [-0.39, 0.29) is 23.9 Å². The molecule has 2 N–H and O–H groups in total. The van der Waals surface area contributed by atoms with E-state index in [0.717, 1.165) is 12.1 Å².